The summed E-state index contributed by atoms with van der Waals surface area (Å²) in [6, 6.07) is -0.878. The number of nitrogens with one attached hydrogen (secondary N) is 1. The predicted molar refractivity (Wildman–Crippen MR) is 355 cm³/mol. The average Bonchev–Trinajstić information content (AvgIpc) is 3.43. The van der Waals surface area contributed by atoms with E-state index in [1.807, 2.05) is 27.2 Å². The number of hydrogen-bond donors (Lipinski definition) is 3. The van der Waals surface area contributed by atoms with Crippen molar-refractivity contribution in [3.05, 3.63) is 122 Å². The summed E-state index contributed by atoms with van der Waals surface area (Å²) in [4.78, 5) is 23.4. The Morgan fingerprint density at radius 2 is 0.753 bits per heavy atom. The Balaban J connectivity index is 4.13. The van der Waals surface area contributed by atoms with Gasteiger partial charge in [-0.2, -0.15) is 0 Å². The minimum Gasteiger partial charge on any atom is -0.387 e. The van der Waals surface area contributed by atoms with Crippen molar-refractivity contribution in [2.45, 2.75) is 289 Å². The van der Waals surface area contributed by atoms with E-state index in [0.29, 0.717) is 17.4 Å². The van der Waals surface area contributed by atoms with Gasteiger partial charge in [-0.1, -0.05) is 289 Å². The number of quaternary nitrogens is 1. The number of hydrogen-bond acceptors (Lipinski definition) is 5. The maximum absolute atomic E-state index is 13.0. The standard InChI is InChI=1S/C72H127N2O6P/c1-6-8-10-12-14-16-18-20-22-24-26-28-30-31-32-33-34-35-36-37-38-39-40-41-42-43-44-46-48-50-52-54-56-58-60-62-64-66-72(76)73-70(69-80-81(77,78)79-68-67-74(3,4)5)71(75)65-63-61-59-57-55-53-51-49-47-45-29-27-25-23-21-19-17-15-13-11-9-7-2/h8,10,14,16,20,22,26,28,31-32,34-35,37-38,47,49,55,57,63,65,70-71,75H,6-7,9,11-13,15,17-19,21,23-25,27,29-30,33,36,39-46,48,50-54,56,58-62,64,66-69H2,1-5H3,(H-,73,76,77,78)/p+1/b10-8-,16-14-,22-20-,28-26-,32-31-,35-34-,38-37-,49-47+,57-55+,65-63+. The summed E-state index contributed by atoms with van der Waals surface area (Å²) < 4.78 is 23.8. The quantitative estimate of drug-likeness (QED) is 0.0243. The fourth-order valence-electron chi connectivity index (χ4n) is 9.23. The van der Waals surface area contributed by atoms with Crippen LogP contribution in [0.15, 0.2) is 122 Å². The van der Waals surface area contributed by atoms with Gasteiger partial charge in [0.25, 0.3) is 0 Å². The first-order valence-corrected chi connectivity index (χ1v) is 34.9. The number of aliphatic hydroxyl groups is 1. The predicted octanol–water partition coefficient (Wildman–Crippen LogP) is 21.3. The first-order valence-electron chi connectivity index (χ1n) is 33.4. The lowest BCUT2D eigenvalue weighted by Gasteiger charge is -2.25. The van der Waals surface area contributed by atoms with Gasteiger partial charge in [-0.15, -0.1) is 0 Å². The molecule has 0 aromatic heterocycles. The van der Waals surface area contributed by atoms with Crippen LogP contribution in [0.2, 0.25) is 0 Å². The van der Waals surface area contributed by atoms with E-state index in [4.69, 9.17) is 9.05 Å². The van der Waals surface area contributed by atoms with E-state index in [-0.39, 0.29) is 19.1 Å². The minimum absolute atomic E-state index is 0.0493. The zero-order valence-electron chi connectivity index (χ0n) is 53.2. The van der Waals surface area contributed by atoms with Crippen LogP contribution in [0.5, 0.6) is 0 Å². The van der Waals surface area contributed by atoms with E-state index in [1.54, 1.807) is 6.08 Å². The van der Waals surface area contributed by atoms with Crippen LogP contribution in [-0.2, 0) is 18.4 Å². The summed E-state index contributed by atoms with van der Waals surface area (Å²) >= 11 is 0. The van der Waals surface area contributed by atoms with E-state index in [0.717, 1.165) is 89.9 Å². The molecule has 0 fully saturated rings. The van der Waals surface area contributed by atoms with Gasteiger partial charge in [0.15, 0.2) is 0 Å². The molecule has 81 heavy (non-hydrogen) atoms. The summed E-state index contributed by atoms with van der Waals surface area (Å²) in [6.45, 7) is 4.68. The molecule has 0 rings (SSSR count). The maximum atomic E-state index is 13.0. The van der Waals surface area contributed by atoms with Crippen molar-refractivity contribution in [3.63, 3.8) is 0 Å². The fraction of sp³-hybridized carbons (Fsp3) is 0.708. The lowest BCUT2D eigenvalue weighted by molar-refractivity contribution is -0.870. The van der Waals surface area contributed by atoms with Crippen LogP contribution in [0.3, 0.4) is 0 Å². The van der Waals surface area contributed by atoms with Crippen molar-refractivity contribution >= 4 is 13.7 Å². The van der Waals surface area contributed by atoms with Gasteiger partial charge in [0.1, 0.15) is 13.2 Å². The molecule has 3 N–H and O–H groups in total. The van der Waals surface area contributed by atoms with Crippen LogP contribution in [0, 0.1) is 0 Å². The molecular weight excluding hydrogens is 1020 g/mol. The second-order valence-electron chi connectivity index (χ2n) is 23.4. The van der Waals surface area contributed by atoms with Gasteiger partial charge in [-0.25, -0.2) is 4.57 Å². The number of aliphatic hydroxyl groups excluding tert-OH is 1. The summed E-state index contributed by atoms with van der Waals surface area (Å²) in [5.41, 5.74) is 0. The molecule has 0 aliphatic carbocycles. The number of carbonyl (C=O) groups is 1. The molecule has 3 atom stereocenters. The molecule has 0 heterocycles. The van der Waals surface area contributed by atoms with Gasteiger partial charge in [0, 0.05) is 6.42 Å². The van der Waals surface area contributed by atoms with Crippen molar-refractivity contribution in [2.24, 2.45) is 0 Å². The number of phosphoric ester groups is 1. The highest BCUT2D eigenvalue weighted by molar-refractivity contribution is 7.47. The highest BCUT2D eigenvalue weighted by Crippen LogP contribution is 2.43. The third kappa shape index (κ3) is 64.3. The van der Waals surface area contributed by atoms with Gasteiger partial charge in [0.05, 0.1) is 39.9 Å². The van der Waals surface area contributed by atoms with Crippen LogP contribution in [-0.4, -0.2) is 73.4 Å². The zero-order valence-corrected chi connectivity index (χ0v) is 54.1. The lowest BCUT2D eigenvalue weighted by Crippen LogP contribution is -2.45. The second kappa shape index (κ2) is 61.5. The van der Waals surface area contributed by atoms with Crippen molar-refractivity contribution in [1.82, 2.24) is 5.32 Å². The Labute approximate surface area is 501 Å². The molecule has 0 aromatic rings. The van der Waals surface area contributed by atoms with Gasteiger partial charge in [0.2, 0.25) is 5.91 Å². The van der Waals surface area contributed by atoms with Crippen molar-refractivity contribution in [1.29, 1.82) is 0 Å². The number of amides is 1. The SMILES string of the molecule is CC/C=C\C/C=C\C/C=C\C/C=C\C/C=C\C/C=C\C/C=C\CCCCCCCCCCCCCCCCCC(=O)NC(COP(=O)(O)OCC[N+](C)(C)C)C(O)/C=C/CC/C=C/CC/C=C/CCCCCCCCCCCCCC. The molecule has 0 aliphatic rings. The zero-order chi connectivity index (χ0) is 59.1. The Kier molecular flexibility index (Phi) is 59.1. The summed E-state index contributed by atoms with van der Waals surface area (Å²) in [7, 11) is 1.54. The number of allylic oxidation sites excluding steroid dienone is 19. The van der Waals surface area contributed by atoms with Crippen molar-refractivity contribution < 1.29 is 32.9 Å². The van der Waals surface area contributed by atoms with Gasteiger partial charge in [-0.3, -0.25) is 13.8 Å². The highest BCUT2D eigenvalue weighted by Gasteiger charge is 2.27. The third-order valence-corrected chi connectivity index (χ3v) is 15.4. The van der Waals surface area contributed by atoms with Gasteiger partial charge >= 0.3 is 7.82 Å². The lowest BCUT2D eigenvalue weighted by atomic mass is 10.0. The summed E-state index contributed by atoms with van der Waals surface area (Å²) in [6.07, 6.45) is 91.9. The molecule has 0 spiro atoms. The van der Waals surface area contributed by atoms with Crippen LogP contribution in [0.4, 0.5) is 0 Å². The number of unbranched alkanes of at least 4 members (excludes halogenated alkanes) is 29. The Hall–Kier alpha value is -3.10. The Bertz CT molecular complexity index is 1730. The molecule has 8 nitrogen and oxygen atoms in total. The number of nitrogens with zero attached hydrogens (tertiary/aromatic N) is 1. The van der Waals surface area contributed by atoms with E-state index >= 15 is 0 Å². The molecule has 0 aliphatic heterocycles. The molecule has 3 unspecified atom stereocenters. The second-order valence-corrected chi connectivity index (χ2v) is 24.9. The molecule has 0 saturated carbocycles. The van der Waals surface area contributed by atoms with E-state index in [2.05, 4.69) is 129 Å². The number of likely N-dealkylation sites (N-methyl/N-ethyl adjacent to an activating group) is 1. The van der Waals surface area contributed by atoms with Gasteiger partial charge < -0.3 is 19.8 Å². The van der Waals surface area contributed by atoms with E-state index in [1.165, 1.54) is 167 Å². The summed E-state index contributed by atoms with van der Waals surface area (Å²) in [5, 5.41) is 14.0. The number of rotatable bonds is 60. The third-order valence-electron chi connectivity index (χ3n) is 14.4. The molecule has 466 valence electrons. The van der Waals surface area contributed by atoms with Crippen LogP contribution < -0.4 is 5.32 Å². The molecule has 0 bridgehead atoms. The smallest absolute Gasteiger partial charge is 0.387 e. The molecule has 0 radical (unpaired) electrons. The monoisotopic (exact) mass is 1150 g/mol. The number of carbonyl (C=O) groups excluding carboxylic acids is 1. The van der Waals surface area contributed by atoms with Crippen LogP contribution >= 0.6 is 7.82 Å². The van der Waals surface area contributed by atoms with Gasteiger partial charge in [-0.05, 0) is 103 Å². The Morgan fingerprint density at radius 3 is 1.14 bits per heavy atom. The largest absolute Gasteiger partial charge is 0.472 e. The molecule has 1 amide bonds. The van der Waals surface area contributed by atoms with E-state index in [9.17, 15) is 19.4 Å². The number of phosphoric acid groups is 1. The van der Waals surface area contributed by atoms with E-state index < -0.39 is 20.0 Å². The van der Waals surface area contributed by atoms with Crippen LogP contribution in [0.25, 0.3) is 0 Å². The normalized spacial score (nSPS) is 14.5. The highest BCUT2D eigenvalue weighted by atomic mass is 31.2. The molecular formula is C72H128N2O6P+. The Morgan fingerprint density at radius 1 is 0.432 bits per heavy atom. The molecule has 0 saturated heterocycles. The first-order chi connectivity index (χ1) is 39.5. The van der Waals surface area contributed by atoms with Crippen molar-refractivity contribution in [2.75, 3.05) is 40.9 Å². The minimum atomic E-state index is -4.37. The molecule has 9 heteroatoms. The maximum Gasteiger partial charge on any atom is 0.472 e. The van der Waals surface area contributed by atoms with Crippen molar-refractivity contribution in [3.8, 4) is 0 Å². The molecule has 0 aromatic carbocycles. The first kappa shape index (κ1) is 77.9. The fourth-order valence-corrected chi connectivity index (χ4v) is 9.97. The van der Waals surface area contributed by atoms with Crippen LogP contribution in [0.1, 0.15) is 277 Å². The topological polar surface area (TPSA) is 105 Å². The summed E-state index contributed by atoms with van der Waals surface area (Å²) in [5.74, 6) is -0.193. The average molecular weight is 1150 g/mol.